The Hall–Kier alpha value is -1.01. The lowest BCUT2D eigenvalue weighted by atomic mass is 10.3. The van der Waals surface area contributed by atoms with E-state index in [-0.39, 0.29) is 0 Å². The van der Waals surface area contributed by atoms with Gasteiger partial charge in [-0.25, -0.2) is 13.1 Å². The fourth-order valence-corrected chi connectivity index (χ4v) is 2.10. The zero-order valence-electron chi connectivity index (χ0n) is 8.14. The molecule has 1 atom stereocenters. The lowest BCUT2D eigenvalue weighted by molar-refractivity contribution is 0.572. The Bertz CT molecular complexity index is 377. The van der Waals surface area contributed by atoms with Crippen molar-refractivity contribution < 1.29 is 8.42 Å². The summed E-state index contributed by atoms with van der Waals surface area (Å²) in [6, 6.07) is 0. The summed E-state index contributed by atoms with van der Waals surface area (Å²) < 4.78 is 25.5. The van der Waals surface area contributed by atoms with Gasteiger partial charge in [-0.1, -0.05) is 6.92 Å². The maximum absolute atomic E-state index is 11.6. The van der Waals surface area contributed by atoms with Gasteiger partial charge in [-0.2, -0.15) is 0 Å². The second-order valence-corrected chi connectivity index (χ2v) is 4.90. The minimum atomic E-state index is -3.32. The van der Waals surface area contributed by atoms with Crippen LogP contribution in [0.5, 0.6) is 0 Å². The number of hydrogen-bond acceptors (Lipinski definition) is 4. The number of nitrogens with one attached hydrogen (secondary N) is 1. The topological polar surface area (TPSA) is 72.0 Å². The van der Waals surface area contributed by atoms with E-state index in [1.54, 1.807) is 13.8 Å². The maximum atomic E-state index is 11.6. The van der Waals surface area contributed by atoms with E-state index in [1.807, 2.05) is 0 Å². The molecule has 6 heteroatoms. The molecule has 0 aliphatic carbocycles. The summed E-state index contributed by atoms with van der Waals surface area (Å²) in [6.45, 7) is 3.70. The van der Waals surface area contributed by atoms with Crippen molar-refractivity contribution in [3.8, 4) is 0 Å². The van der Waals surface area contributed by atoms with Gasteiger partial charge in [0.25, 0.3) is 0 Å². The van der Waals surface area contributed by atoms with E-state index in [0.717, 1.165) is 0 Å². The summed E-state index contributed by atoms with van der Waals surface area (Å²) >= 11 is 0. The highest BCUT2D eigenvalue weighted by atomic mass is 32.2. The van der Waals surface area contributed by atoms with Crippen molar-refractivity contribution in [2.45, 2.75) is 19.1 Å². The molecule has 0 radical (unpaired) electrons. The Labute approximate surface area is 83.6 Å². The second-order valence-electron chi connectivity index (χ2n) is 2.82. The molecule has 0 unspecified atom stereocenters. The minimum absolute atomic E-state index is 0.382. The molecule has 0 spiro atoms. The highest BCUT2D eigenvalue weighted by Gasteiger charge is 2.22. The molecule has 1 N–H and O–H groups in total. The summed E-state index contributed by atoms with van der Waals surface area (Å²) in [5, 5.41) is -0.670. The van der Waals surface area contributed by atoms with Crippen molar-refractivity contribution in [3.05, 3.63) is 24.3 Å². The minimum Gasteiger partial charge on any atom is -0.261 e. The van der Waals surface area contributed by atoms with Crippen LogP contribution in [0.15, 0.2) is 18.6 Å². The first-order valence-electron chi connectivity index (χ1n) is 4.32. The molecule has 1 aromatic heterocycles. The van der Waals surface area contributed by atoms with Crippen molar-refractivity contribution in [3.63, 3.8) is 0 Å². The van der Waals surface area contributed by atoms with Crippen molar-refractivity contribution in [2.75, 3.05) is 6.54 Å². The Morgan fingerprint density at radius 2 is 2.21 bits per heavy atom. The van der Waals surface area contributed by atoms with E-state index in [9.17, 15) is 8.42 Å². The van der Waals surface area contributed by atoms with Gasteiger partial charge in [0.1, 0.15) is 5.25 Å². The van der Waals surface area contributed by atoms with Gasteiger partial charge in [0.15, 0.2) is 0 Å². The largest absolute Gasteiger partial charge is 0.261 e. The SMILES string of the molecule is CCNS(=O)(=O)[C@@H](C)c1cnccn1. The third kappa shape index (κ3) is 2.49. The standard InChI is InChI=1S/C8H13N3O2S/c1-3-11-14(12,13)7(2)8-6-9-4-5-10-8/h4-7,11H,3H2,1-2H3/t7-/m0/s1. The molecule has 1 aromatic rings. The van der Waals surface area contributed by atoms with E-state index >= 15 is 0 Å². The average molecular weight is 215 g/mol. The molecule has 0 saturated heterocycles. The highest BCUT2D eigenvalue weighted by Crippen LogP contribution is 2.16. The van der Waals surface area contributed by atoms with Crippen LogP contribution in [0.25, 0.3) is 0 Å². The molecule has 1 heterocycles. The van der Waals surface area contributed by atoms with Gasteiger partial charge < -0.3 is 0 Å². The number of hydrogen-bond donors (Lipinski definition) is 1. The van der Waals surface area contributed by atoms with Crippen LogP contribution in [-0.2, 0) is 10.0 Å². The summed E-state index contributed by atoms with van der Waals surface area (Å²) in [6.07, 6.45) is 4.45. The Morgan fingerprint density at radius 3 is 2.71 bits per heavy atom. The fourth-order valence-electron chi connectivity index (χ4n) is 1.01. The van der Waals surface area contributed by atoms with E-state index in [0.29, 0.717) is 12.2 Å². The fraction of sp³-hybridized carbons (Fsp3) is 0.500. The first kappa shape index (κ1) is 11.1. The predicted octanol–water partition coefficient (Wildman–Crippen LogP) is 0.477. The third-order valence-corrected chi connectivity index (χ3v) is 3.67. The lowest BCUT2D eigenvalue weighted by Crippen LogP contribution is -2.28. The van der Waals surface area contributed by atoms with Gasteiger partial charge in [0.2, 0.25) is 10.0 Å². The van der Waals surface area contributed by atoms with E-state index in [2.05, 4.69) is 14.7 Å². The molecule has 0 aromatic carbocycles. The molecule has 1 rings (SSSR count). The quantitative estimate of drug-likeness (QED) is 0.792. The van der Waals surface area contributed by atoms with Gasteiger partial charge in [0.05, 0.1) is 5.69 Å². The normalized spacial score (nSPS) is 13.9. The smallest absolute Gasteiger partial charge is 0.220 e. The van der Waals surface area contributed by atoms with Gasteiger partial charge in [-0.15, -0.1) is 0 Å². The zero-order valence-corrected chi connectivity index (χ0v) is 8.95. The van der Waals surface area contributed by atoms with Crippen LogP contribution in [-0.4, -0.2) is 24.9 Å². The Kier molecular flexibility index (Phi) is 3.54. The molecule has 0 saturated carbocycles. The highest BCUT2D eigenvalue weighted by molar-refractivity contribution is 7.89. The van der Waals surface area contributed by atoms with Gasteiger partial charge in [0, 0.05) is 25.1 Å². The summed E-state index contributed by atoms with van der Waals surface area (Å²) in [5.41, 5.74) is 0.452. The van der Waals surface area contributed by atoms with Crippen LogP contribution < -0.4 is 4.72 Å². The first-order valence-corrected chi connectivity index (χ1v) is 5.87. The second kappa shape index (κ2) is 4.47. The first-order chi connectivity index (χ1) is 6.58. The van der Waals surface area contributed by atoms with Crippen LogP contribution >= 0.6 is 0 Å². The van der Waals surface area contributed by atoms with Crippen LogP contribution in [0, 0.1) is 0 Å². The molecule has 5 nitrogen and oxygen atoms in total. The molecule has 14 heavy (non-hydrogen) atoms. The Morgan fingerprint density at radius 1 is 1.50 bits per heavy atom. The van der Waals surface area contributed by atoms with Crippen LogP contribution in [0.4, 0.5) is 0 Å². The van der Waals surface area contributed by atoms with Crippen LogP contribution in [0.3, 0.4) is 0 Å². The zero-order chi connectivity index (χ0) is 10.6. The molecule has 0 aliphatic rings. The van der Waals surface area contributed by atoms with Crippen LogP contribution in [0.1, 0.15) is 24.8 Å². The molecule has 0 amide bonds. The van der Waals surface area contributed by atoms with Gasteiger partial charge >= 0.3 is 0 Å². The maximum Gasteiger partial charge on any atom is 0.220 e. The number of rotatable bonds is 4. The summed E-state index contributed by atoms with van der Waals surface area (Å²) in [4.78, 5) is 7.77. The van der Waals surface area contributed by atoms with E-state index < -0.39 is 15.3 Å². The monoisotopic (exact) mass is 215 g/mol. The molecule has 78 valence electrons. The molecular weight excluding hydrogens is 202 g/mol. The molecule has 0 aliphatic heterocycles. The number of nitrogens with zero attached hydrogens (tertiary/aromatic N) is 2. The third-order valence-electron chi connectivity index (χ3n) is 1.81. The van der Waals surface area contributed by atoms with Crippen molar-refractivity contribution in [1.29, 1.82) is 0 Å². The van der Waals surface area contributed by atoms with Crippen molar-refractivity contribution in [2.24, 2.45) is 0 Å². The predicted molar refractivity (Wildman–Crippen MR) is 53.0 cm³/mol. The number of aromatic nitrogens is 2. The van der Waals surface area contributed by atoms with E-state index in [1.165, 1.54) is 18.6 Å². The lowest BCUT2D eigenvalue weighted by Gasteiger charge is -2.11. The summed E-state index contributed by atoms with van der Waals surface area (Å²) in [5.74, 6) is 0. The molecule has 0 fully saturated rings. The average Bonchev–Trinajstić information content (AvgIpc) is 2.18. The molecular formula is C8H13N3O2S. The van der Waals surface area contributed by atoms with Gasteiger partial charge in [-0.3, -0.25) is 9.97 Å². The summed E-state index contributed by atoms with van der Waals surface area (Å²) in [7, 11) is -3.32. The Balaban J connectivity index is 2.91. The van der Waals surface area contributed by atoms with Crippen molar-refractivity contribution in [1.82, 2.24) is 14.7 Å². The van der Waals surface area contributed by atoms with Crippen molar-refractivity contribution >= 4 is 10.0 Å². The van der Waals surface area contributed by atoms with Crippen LogP contribution in [0.2, 0.25) is 0 Å². The van der Waals surface area contributed by atoms with E-state index in [4.69, 9.17) is 0 Å². The number of sulfonamides is 1. The molecule has 0 bridgehead atoms. The van der Waals surface area contributed by atoms with Gasteiger partial charge in [-0.05, 0) is 6.92 Å².